The van der Waals surface area contributed by atoms with Crippen LogP contribution in [0.2, 0.25) is 0 Å². The van der Waals surface area contributed by atoms with E-state index in [0.717, 1.165) is 38.5 Å². The maximum atomic E-state index is 12.2. The molecule has 0 heterocycles. The summed E-state index contributed by atoms with van der Waals surface area (Å²) in [7, 11) is -4.75. The first-order chi connectivity index (χ1) is 17.3. The zero-order chi connectivity index (χ0) is 26.9. The van der Waals surface area contributed by atoms with Crippen molar-refractivity contribution in [3.8, 4) is 0 Å². The molecule has 0 aromatic carbocycles. The number of esters is 2. The van der Waals surface area contributed by atoms with Crippen LogP contribution in [0.3, 0.4) is 0 Å². The van der Waals surface area contributed by atoms with Crippen molar-refractivity contribution >= 4 is 51.6 Å². The molecule has 0 aliphatic heterocycles. The van der Waals surface area contributed by atoms with Gasteiger partial charge in [-0.25, -0.2) is 0 Å². The normalized spacial score (nSPS) is 12.1. The minimum atomic E-state index is -4.75. The van der Waals surface area contributed by atoms with Crippen molar-refractivity contribution in [2.45, 2.75) is 154 Å². The molecule has 9 heteroatoms. The first-order valence-electron chi connectivity index (χ1n) is 14.6. The summed E-state index contributed by atoms with van der Waals surface area (Å²) in [6.07, 6.45) is 22.1. The summed E-state index contributed by atoms with van der Waals surface area (Å²) in [5.74, 6) is -1.91. The molecule has 1 unspecified atom stereocenters. The van der Waals surface area contributed by atoms with Crippen molar-refractivity contribution in [1.82, 2.24) is 0 Å². The summed E-state index contributed by atoms with van der Waals surface area (Å²) < 4.78 is 42.7. The summed E-state index contributed by atoms with van der Waals surface area (Å²) in [5.41, 5.74) is 0. The van der Waals surface area contributed by atoms with Crippen LogP contribution in [0.25, 0.3) is 0 Å². The topological polar surface area (TPSA) is 107 Å². The SMILES string of the molecule is CCCCCCCCCCCCOC(=O)CC(C(=O)OCCCCCCCCCCCC)S(=O)(=O)O.[NaH]. The Hall–Kier alpha value is -0.150. The van der Waals surface area contributed by atoms with Gasteiger partial charge >= 0.3 is 41.5 Å². The van der Waals surface area contributed by atoms with E-state index >= 15 is 0 Å². The molecule has 216 valence electrons. The van der Waals surface area contributed by atoms with Crippen LogP contribution in [-0.4, -0.2) is 72.9 Å². The van der Waals surface area contributed by atoms with Crippen LogP contribution in [0.15, 0.2) is 0 Å². The molecule has 7 nitrogen and oxygen atoms in total. The molecule has 0 aliphatic rings. The van der Waals surface area contributed by atoms with Gasteiger partial charge in [0.25, 0.3) is 10.1 Å². The van der Waals surface area contributed by atoms with Crippen LogP contribution in [0.4, 0.5) is 0 Å². The van der Waals surface area contributed by atoms with E-state index in [0.29, 0.717) is 12.8 Å². The van der Waals surface area contributed by atoms with Crippen molar-refractivity contribution in [3.63, 3.8) is 0 Å². The second-order valence-electron chi connectivity index (χ2n) is 9.96. The molecular weight excluding hydrogens is 503 g/mol. The van der Waals surface area contributed by atoms with Crippen molar-refractivity contribution in [3.05, 3.63) is 0 Å². The second kappa shape index (κ2) is 27.4. The molecule has 0 aromatic heterocycles. The quantitative estimate of drug-likeness (QED) is 0.0532. The van der Waals surface area contributed by atoms with E-state index in [9.17, 15) is 22.6 Å². The van der Waals surface area contributed by atoms with Crippen LogP contribution >= 0.6 is 0 Å². The van der Waals surface area contributed by atoms with Crippen LogP contribution in [0, 0.1) is 0 Å². The van der Waals surface area contributed by atoms with Gasteiger partial charge in [-0.2, -0.15) is 8.42 Å². The van der Waals surface area contributed by atoms with Gasteiger partial charge in [-0.05, 0) is 12.8 Å². The van der Waals surface area contributed by atoms with Crippen LogP contribution in [0.1, 0.15) is 149 Å². The Morgan fingerprint density at radius 3 is 1.27 bits per heavy atom. The van der Waals surface area contributed by atoms with Gasteiger partial charge in [0, 0.05) is 0 Å². The Morgan fingerprint density at radius 1 is 0.595 bits per heavy atom. The van der Waals surface area contributed by atoms with Crippen molar-refractivity contribution < 1.29 is 32.0 Å². The van der Waals surface area contributed by atoms with Gasteiger partial charge in [0.2, 0.25) is 0 Å². The predicted octanol–water partition coefficient (Wildman–Crippen LogP) is 6.91. The fourth-order valence-corrected chi connectivity index (χ4v) is 4.81. The van der Waals surface area contributed by atoms with Gasteiger partial charge < -0.3 is 9.47 Å². The number of ether oxygens (including phenoxy) is 2. The molecule has 0 amide bonds. The molecule has 0 radical (unpaired) electrons. The van der Waals surface area contributed by atoms with Crippen LogP contribution in [-0.2, 0) is 29.2 Å². The van der Waals surface area contributed by atoms with Crippen LogP contribution in [0.5, 0.6) is 0 Å². The summed E-state index contributed by atoms with van der Waals surface area (Å²) in [6.45, 7) is 4.67. The third-order valence-electron chi connectivity index (χ3n) is 6.48. The minimum absolute atomic E-state index is 0. The van der Waals surface area contributed by atoms with E-state index in [1.54, 1.807) is 0 Å². The molecule has 0 aliphatic carbocycles. The van der Waals surface area contributed by atoms with Gasteiger partial charge in [0.15, 0.2) is 5.25 Å². The Bertz CT molecular complexity index is 640. The molecule has 0 aromatic rings. The Labute approximate surface area is 249 Å². The first kappa shape index (κ1) is 39.0. The zero-order valence-electron chi connectivity index (χ0n) is 23.1. The molecule has 37 heavy (non-hydrogen) atoms. The maximum absolute atomic E-state index is 12.2. The van der Waals surface area contributed by atoms with Gasteiger partial charge in [0.1, 0.15) is 0 Å². The van der Waals surface area contributed by atoms with Crippen molar-refractivity contribution in [2.24, 2.45) is 0 Å². The van der Waals surface area contributed by atoms with E-state index in [1.165, 1.54) is 77.0 Å². The fourth-order valence-electron chi connectivity index (χ4n) is 4.15. The fraction of sp³-hybridized carbons (Fsp3) is 0.929. The van der Waals surface area contributed by atoms with E-state index < -0.39 is 33.7 Å². The average molecular weight is 559 g/mol. The van der Waals surface area contributed by atoms with E-state index in [-0.39, 0.29) is 42.8 Å². The number of carbonyl (C=O) groups is 2. The molecule has 1 N–H and O–H groups in total. The van der Waals surface area contributed by atoms with Gasteiger partial charge in [-0.15, -0.1) is 0 Å². The molecule has 0 rings (SSSR count). The number of hydrogen-bond donors (Lipinski definition) is 1. The average Bonchev–Trinajstić information content (AvgIpc) is 2.83. The van der Waals surface area contributed by atoms with E-state index in [1.807, 2.05) is 0 Å². The Balaban J connectivity index is 0. The van der Waals surface area contributed by atoms with E-state index in [2.05, 4.69) is 13.8 Å². The van der Waals surface area contributed by atoms with Gasteiger partial charge in [-0.3, -0.25) is 14.1 Å². The summed E-state index contributed by atoms with van der Waals surface area (Å²) in [5, 5.41) is -1.93. The number of carbonyl (C=O) groups excluding carboxylic acids is 2. The molecule has 0 saturated heterocycles. The van der Waals surface area contributed by atoms with Crippen LogP contribution < -0.4 is 0 Å². The van der Waals surface area contributed by atoms with E-state index in [4.69, 9.17) is 9.47 Å². The summed E-state index contributed by atoms with van der Waals surface area (Å²) in [6, 6.07) is 0. The zero-order valence-corrected chi connectivity index (χ0v) is 24.0. The third-order valence-corrected chi connectivity index (χ3v) is 7.56. The predicted molar refractivity (Wildman–Crippen MR) is 153 cm³/mol. The van der Waals surface area contributed by atoms with Crippen molar-refractivity contribution in [2.75, 3.05) is 13.2 Å². The molecule has 1 atom stereocenters. The monoisotopic (exact) mass is 558 g/mol. The second-order valence-corrected chi connectivity index (χ2v) is 11.6. The standard InChI is InChI=1S/C28H54O7S.Na.H/c1-3-5-7-9-11-13-15-17-19-21-23-34-27(29)25-26(36(31,32)33)28(30)35-24-22-20-18-16-14-12-10-8-6-4-2;;/h26H,3-25H2,1-2H3,(H,31,32,33);;. The molecule has 0 bridgehead atoms. The molecule has 0 spiro atoms. The molecule has 0 saturated carbocycles. The Kier molecular flexibility index (Phi) is 28.9. The molecular formula is C28H55NaO7S. The summed E-state index contributed by atoms with van der Waals surface area (Å²) in [4.78, 5) is 24.2. The molecule has 0 fully saturated rings. The first-order valence-corrected chi connectivity index (χ1v) is 16.1. The third kappa shape index (κ3) is 25.9. The van der Waals surface area contributed by atoms with Gasteiger partial charge in [0.05, 0.1) is 19.6 Å². The van der Waals surface area contributed by atoms with Gasteiger partial charge in [-0.1, -0.05) is 129 Å². The van der Waals surface area contributed by atoms with Crippen molar-refractivity contribution in [1.29, 1.82) is 0 Å². The Morgan fingerprint density at radius 2 is 0.919 bits per heavy atom. The number of rotatable bonds is 26. The number of hydrogen-bond acceptors (Lipinski definition) is 6. The summed E-state index contributed by atoms with van der Waals surface area (Å²) >= 11 is 0. The number of unbranched alkanes of at least 4 members (excludes halogenated alkanes) is 18.